The fraction of sp³-hybridized carbons (Fsp3) is 0.500. The molecule has 0 amide bonds. The molecule has 0 aromatic carbocycles. The predicted octanol–water partition coefficient (Wildman–Crippen LogP) is 2.68. The third-order valence-electron chi connectivity index (χ3n) is 2.55. The number of nitrogens with one attached hydrogen (secondary N) is 1. The summed E-state index contributed by atoms with van der Waals surface area (Å²) < 4.78 is 1.85. The first-order chi connectivity index (χ1) is 8.02. The summed E-state index contributed by atoms with van der Waals surface area (Å²) in [5, 5.41) is 7.75. The first-order valence-electron chi connectivity index (χ1n) is 5.67. The molecule has 2 heterocycles. The molecule has 0 atom stereocenters. The number of aromatic nitrogens is 3. The number of nitrogens with zero attached hydrogens (tertiary/aromatic N) is 3. The highest BCUT2D eigenvalue weighted by Crippen LogP contribution is 2.24. The van der Waals surface area contributed by atoms with Gasteiger partial charge in [0.25, 0.3) is 0 Å². The van der Waals surface area contributed by atoms with Gasteiger partial charge in [-0.1, -0.05) is 20.8 Å². The van der Waals surface area contributed by atoms with Gasteiger partial charge in [-0.15, -0.1) is 11.6 Å². The van der Waals surface area contributed by atoms with Crippen molar-refractivity contribution in [3.8, 4) is 0 Å². The zero-order valence-electron chi connectivity index (χ0n) is 10.4. The van der Waals surface area contributed by atoms with E-state index >= 15 is 0 Å². The molecule has 17 heavy (non-hydrogen) atoms. The molecule has 2 rings (SSSR count). The van der Waals surface area contributed by atoms with Crippen LogP contribution in [0.2, 0.25) is 0 Å². The molecule has 2 aromatic rings. The molecule has 0 bridgehead atoms. The Hall–Kier alpha value is -1.29. The highest BCUT2D eigenvalue weighted by atomic mass is 35.5. The number of halogens is 1. The standard InChI is InChI=1S/C12H17ClN4/c1-12(2,3)10-8-9-11(14-5-4-13)15-6-7-17(9)16-10/h6-8H,4-5H2,1-3H3,(H,14,15). The summed E-state index contributed by atoms with van der Waals surface area (Å²) in [6.45, 7) is 7.14. The van der Waals surface area contributed by atoms with Crippen LogP contribution in [0.15, 0.2) is 18.5 Å². The normalized spacial score (nSPS) is 12.0. The van der Waals surface area contributed by atoms with Gasteiger partial charge in [0.05, 0.1) is 5.69 Å². The van der Waals surface area contributed by atoms with E-state index in [4.69, 9.17) is 11.6 Å². The maximum absolute atomic E-state index is 5.67. The lowest BCUT2D eigenvalue weighted by atomic mass is 9.92. The number of fused-ring (bicyclic) bond motifs is 1. The number of hydrogen-bond donors (Lipinski definition) is 1. The summed E-state index contributed by atoms with van der Waals surface area (Å²) in [5.74, 6) is 1.39. The molecule has 0 radical (unpaired) electrons. The minimum absolute atomic E-state index is 0.0375. The highest BCUT2D eigenvalue weighted by Gasteiger charge is 2.18. The van der Waals surface area contributed by atoms with Gasteiger partial charge in [0.2, 0.25) is 0 Å². The maximum Gasteiger partial charge on any atom is 0.152 e. The van der Waals surface area contributed by atoms with Crippen LogP contribution < -0.4 is 5.32 Å². The second kappa shape index (κ2) is 4.53. The fourth-order valence-electron chi connectivity index (χ4n) is 1.59. The molecule has 92 valence electrons. The maximum atomic E-state index is 5.67. The van der Waals surface area contributed by atoms with Crippen molar-refractivity contribution >= 4 is 22.9 Å². The van der Waals surface area contributed by atoms with Gasteiger partial charge < -0.3 is 5.32 Å². The Kier molecular flexibility index (Phi) is 3.24. The summed E-state index contributed by atoms with van der Waals surface area (Å²) in [7, 11) is 0. The lowest BCUT2D eigenvalue weighted by Crippen LogP contribution is -2.11. The summed E-state index contributed by atoms with van der Waals surface area (Å²) in [4.78, 5) is 4.31. The van der Waals surface area contributed by atoms with Crippen molar-refractivity contribution < 1.29 is 0 Å². The zero-order valence-corrected chi connectivity index (χ0v) is 11.1. The molecular weight excluding hydrogens is 236 g/mol. The second-order valence-electron chi connectivity index (χ2n) is 5.00. The Morgan fingerprint density at radius 2 is 2.18 bits per heavy atom. The molecule has 0 fully saturated rings. The van der Waals surface area contributed by atoms with E-state index in [0.29, 0.717) is 12.4 Å². The topological polar surface area (TPSA) is 42.2 Å². The van der Waals surface area contributed by atoms with Crippen molar-refractivity contribution in [2.24, 2.45) is 0 Å². The summed E-state index contributed by atoms with van der Waals surface area (Å²) in [6, 6.07) is 2.07. The Morgan fingerprint density at radius 3 is 2.82 bits per heavy atom. The van der Waals surface area contributed by atoms with E-state index in [9.17, 15) is 0 Å². The number of anilines is 1. The average molecular weight is 253 g/mol. The van der Waals surface area contributed by atoms with Gasteiger partial charge in [0, 0.05) is 30.2 Å². The monoisotopic (exact) mass is 252 g/mol. The van der Waals surface area contributed by atoms with Crippen molar-refractivity contribution in [3.05, 3.63) is 24.2 Å². The number of hydrogen-bond acceptors (Lipinski definition) is 3. The minimum Gasteiger partial charge on any atom is -0.367 e. The molecule has 0 aliphatic carbocycles. The first kappa shape index (κ1) is 12.2. The van der Waals surface area contributed by atoms with Crippen LogP contribution in [0.5, 0.6) is 0 Å². The van der Waals surface area contributed by atoms with Crippen LogP contribution in [-0.2, 0) is 5.41 Å². The molecule has 1 N–H and O–H groups in total. The predicted molar refractivity (Wildman–Crippen MR) is 70.9 cm³/mol. The van der Waals surface area contributed by atoms with Crippen molar-refractivity contribution in [2.45, 2.75) is 26.2 Å². The van der Waals surface area contributed by atoms with E-state index in [1.54, 1.807) is 6.20 Å². The Balaban J connectivity index is 2.45. The van der Waals surface area contributed by atoms with Gasteiger partial charge >= 0.3 is 0 Å². The zero-order chi connectivity index (χ0) is 12.5. The van der Waals surface area contributed by atoms with Crippen LogP contribution in [0.25, 0.3) is 5.52 Å². The van der Waals surface area contributed by atoms with E-state index in [1.165, 1.54) is 0 Å². The SMILES string of the molecule is CC(C)(C)c1cc2c(NCCCl)nccn2n1. The third-order valence-corrected chi connectivity index (χ3v) is 2.73. The lowest BCUT2D eigenvalue weighted by molar-refractivity contribution is 0.562. The Bertz CT molecular complexity index is 513. The molecule has 4 nitrogen and oxygen atoms in total. The van der Waals surface area contributed by atoms with E-state index < -0.39 is 0 Å². The van der Waals surface area contributed by atoms with Crippen LogP contribution in [0.4, 0.5) is 5.82 Å². The number of alkyl halides is 1. The van der Waals surface area contributed by atoms with Crippen LogP contribution in [0.1, 0.15) is 26.5 Å². The highest BCUT2D eigenvalue weighted by molar-refractivity contribution is 6.18. The lowest BCUT2D eigenvalue weighted by Gasteiger charge is -2.13. The molecule has 2 aromatic heterocycles. The molecule has 0 saturated carbocycles. The fourth-order valence-corrected chi connectivity index (χ4v) is 1.68. The molecule has 0 unspecified atom stereocenters. The minimum atomic E-state index is 0.0375. The van der Waals surface area contributed by atoms with Crippen molar-refractivity contribution in [2.75, 3.05) is 17.7 Å². The third kappa shape index (κ3) is 2.52. The molecule has 0 spiro atoms. The molecule has 0 aliphatic rings. The summed E-state index contributed by atoms with van der Waals surface area (Å²) >= 11 is 5.67. The van der Waals surface area contributed by atoms with Crippen LogP contribution in [0, 0.1) is 0 Å². The quantitative estimate of drug-likeness (QED) is 0.854. The number of rotatable bonds is 3. The first-order valence-corrected chi connectivity index (χ1v) is 6.20. The molecule has 0 saturated heterocycles. The van der Waals surface area contributed by atoms with E-state index in [2.05, 4.69) is 42.2 Å². The van der Waals surface area contributed by atoms with Gasteiger partial charge in [-0.2, -0.15) is 5.10 Å². The van der Waals surface area contributed by atoms with Crippen molar-refractivity contribution in [3.63, 3.8) is 0 Å². The molecule has 5 heteroatoms. The second-order valence-corrected chi connectivity index (χ2v) is 5.38. The molecule has 0 aliphatic heterocycles. The van der Waals surface area contributed by atoms with Crippen LogP contribution in [0.3, 0.4) is 0 Å². The van der Waals surface area contributed by atoms with Gasteiger partial charge in [-0.25, -0.2) is 9.50 Å². The van der Waals surface area contributed by atoms with Crippen molar-refractivity contribution in [1.82, 2.24) is 14.6 Å². The van der Waals surface area contributed by atoms with E-state index in [1.807, 2.05) is 10.7 Å². The van der Waals surface area contributed by atoms with E-state index in [0.717, 1.165) is 17.0 Å². The van der Waals surface area contributed by atoms with Gasteiger partial charge in [-0.3, -0.25) is 0 Å². The summed E-state index contributed by atoms with van der Waals surface area (Å²) in [5.41, 5.74) is 2.08. The molecular formula is C12H17ClN4. The van der Waals surface area contributed by atoms with Crippen LogP contribution >= 0.6 is 11.6 Å². The smallest absolute Gasteiger partial charge is 0.152 e. The Morgan fingerprint density at radius 1 is 1.41 bits per heavy atom. The van der Waals surface area contributed by atoms with Crippen molar-refractivity contribution in [1.29, 1.82) is 0 Å². The van der Waals surface area contributed by atoms with Gasteiger partial charge in [-0.05, 0) is 6.07 Å². The largest absolute Gasteiger partial charge is 0.367 e. The van der Waals surface area contributed by atoms with E-state index in [-0.39, 0.29) is 5.41 Å². The Labute approximate surface area is 106 Å². The van der Waals surface area contributed by atoms with Gasteiger partial charge in [0.1, 0.15) is 5.52 Å². The van der Waals surface area contributed by atoms with Gasteiger partial charge in [0.15, 0.2) is 5.82 Å². The summed E-state index contributed by atoms with van der Waals surface area (Å²) in [6.07, 6.45) is 3.60. The van der Waals surface area contributed by atoms with Crippen LogP contribution in [-0.4, -0.2) is 27.0 Å². The average Bonchev–Trinajstić information content (AvgIpc) is 2.70.